The number of fused-ring (bicyclic) bond motifs is 3. The molecule has 0 aliphatic carbocycles. The molecule has 0 aliphatic rings. The third kappa shape index (κ3) is 3.36. The third-order valence-corrected chi connectivity index (χ3v) is 7.03. The van der Waals surface area contributed by atoms with E-state index in [2.05, 4.69) is 4.98 Å². The molecule has 0 saturated heterocycles. The van der Waals surface area contributed by atoms with E-state index in [1.807, 2.05) is 6.92 Å². The second kappa shape index (κ2) is 7.69. The molecular formula is C22H19ClN6O4S. The number of hydrogen-bond donors (Lipinski definition) is 1. The molecule has 0 radical (unpaired) electrons. The molecule has 3 aromatic heterocycles. The molecule has 10 nitrogen and oxygen atoms in total. The molecular weight excluding hydrogens is 480 g/mol. The molecule has 5 aromatic rings. The molecule has 0 atom stereocenters. The van der Waals surface area contributed by atoms with Crippen LogP contribution < -0.4 is 16.4 Å². The summed E-state index contributed by atoms with van der Waals surface area (Å²) in [6, 6.07) is 13.0. The van der Waals surface area contributed by atoms with Gasteiger partial charge in [0.15, 0.2) is 11.2 Å². The van der Waals surface area contributed by atoms with Gasteiger partial charge in [0.2, 0.25) is 15.8 Å². The normalized spacial score (nSPS) is 12.1. The highest BCUT2D eigenvalue weighted by atomic mass is 35.5. The number of imidazole rings is 2. The molecule has 34 heavy (non-hydrogen) atoms. The highest BCUT2D eigenvalue weighted by Gasteiger charge is 2.21. The second-order valence-corrected chi connectivity index (χ2v) is 9.89. The topological polar surface area (TPSA) is 126 Å². The largest absolute Gasteiger partial charge is 0.332 e. The monoisotopic (exact) mass is 498 g/mol. The molecule has 2 N–H and O–H groups in total. The van der Waals surface area contributed by atoms with Crippen LogP contribution in [0.15, 0.2) is 69.2 Å². The molecule has 12 heteroatoms. The van der Waals surface area contributed by atoms with Crippen molar-refractivity contribution in [3.63, 3.8) is 0 Å². The minimum atomic E-state index is -3.83. The zero-order chi connectivity index (χ0) is 24.4. The van der Waals surface area contributed by atoms with Gasteiger partial charge >= 0.3 is 5.69 Å². The first-order valence-electron chi connectivity index (χ1n) is 10.1. The van der Waals surface area contributed by atoms with E-state index in [0.29, 0.717) is 22.1 Å². The van der Waals surface area contributed by atoms with Gasteiger partial charge in [-0.25, -0.2) is 18.4 Å². The summed E-state index contributed by atoms with van der Waals surface area (Å²) in [5.74, 6) is 0.401. The highest BCUT2D eigenvalue weighted by molar-refractivity contribution is 7.89. The number of primary sulfonamides is 1. The average Bonchev–Trinajstić information content (AvgIpc) is 3.30. The van der Waals surface area contributed by atoms with E-state index in [1.54, 1.807) is 58.6 Å². The van der Waals surface area contributed by atoms with Crippen LogP contribution in [0.4, 0.5) is 0 Å². The van der Waals surface area contributed by atoms with Gasteiger partial charge in [-0.1, -0.05) is 29.8 Å². The minimum absolute atomic E-state index is 0.0169. The van der Waals surface area contributed by atoms with Crippen molar-refractivity contribution in [1.82, 2.24) is 23.1 Å². The first kappa shape index (κ1) is 22.1. The lowest BCUT2D eigenvalue weighted by Crippen LogP contribution is -2.39. The van der Waals surface area contributed by atoms with Gasteiger partial charge in [0.05, 0.1) is 11.4 Å². The molecule has 0 aliphatic heterocycles. The zero-order valence-electron chi connectivity index (χ0n) is 18.1. The fraction of sp³-hybridized carbons (Fsp3) is 0.136. The Morgan fingerprint density at radius 1 is 1.06 bits per heavy atom. The molecule has 174 valence electrons. The summed E-state index contributed by atoms with van der Waals surface area (Å²) >= 11 is 6.25. The predicted molar refractivity (Wildman–Crippen MR) is 128 cm³/mol. The van der Waals surface area contributed by atoms with Crippen LogP contribution in [0.2, 0.25) is 5.02 Å². The van der Waals surface area contributed by atoms with Crippen molar-refractivity contribution < 1.29 is 8.42 Å². The van der Waals surface area contributed by atoms with Gasteiger partial charge in [-0.05, 0) is 42.8 Å². The first-order valence-corrected chi connectivity index (χ1v) is 12.1. The number of hydrogen-bond acceptors (Lipinski definition) is 5. The number of rotatable bonds is 4. The van der Waals surface area contributed by atoms with Crippen molar-refractivity contribution in [2.24, 2.45) is 12.2 Å². The lowest BCUT2D eigenvalue weighted by atomic mass is 10.2. The maximum Gasteiger partial charge on any atom is 0.332 e. The van der Waals surface area contributed by atoms with E-state index in [0.717, 1.165) is 10.3 Å². The van der Waals surface area contributed by atoms with Gasteiger partial charge in [-0.2, -0.15) is 4.98 Å². The van der Waals surface area contributed by atoms with Gasteiger partial charge in [0.1, 0.15) is 0 Å². The summed E-state index contributed by atoms with van der Waals surface area (Å²) in [5, 5.41) is 5.65. The molecule has 0 saturated carbocycles. The van der Waals surface area contributed by atoms with E-state index >= 15 is 0 Å². The number of nitrogens with zero attached hydrogens (tertiary/aromatic N) is 5. The van der Waals surface area contributed by atoms with Crippen molar-refractivity contribution in [2.75, 3.05) is 0 Å². The van der Waals surface area contributed by atoms with Crippen LogP contribution in [0.3, 0.4) is 0 Å². The zero-order valence-corrected chi connectivity index (χ0v) is 19.7. The smallest absolute Gasteiger partial charge is 0.283 e. The van der Waals surface area contributed by atoms with E-state index in [9.17, 15) is 18.0 Å². The summed E-state index contributed by atoms with van der Waals surface area (Å²) in [7, 11) is -2.28. The molecule has 3 heterocycles. The Morgan fingerprint density at radius 3 is 2.38 bits per heavy atom. The fourth-order valence-corrected chi connectivity index (χ4v) is 4.76. The number of sulfonamides is 1. The van der Waals surface area contributed by atoms with Crippen molar-refractivity contribution in [2.45, 2.75) is 18.4 Å². The Kier molecular flexibility index (Phi) is 5.01. The lowest BCUT2D eigenvalue weighted by Gasteiger charge is -2.09. The maximum atomic E-state index is 13.5. The predicted octanol–water partition coefficient (Wildman–Crippen LogP) is 1.80. The van der Waals surface area contributed by atoms with E-state index in [-0.39, 0.29) is 22.6 Å². The van der Waals surface area contributed by atoms with Crippen molar-refractivity contribution in [3.8, 4) is 5.69 Å². The minimum Gasteiger partial charge on any atom is -0.283 e. The first-order chi connectivity index (χ1) is 16.1. The van der Waals surface area contributed by atoms with Crippen LogP contribution in [0.5, 0.6) is 0 Å². The summed E-state index contributed by atoms with van der Waals surface area (Å²) in [6.07, 6.45) is 1.74. The Morgan fingerprint density at radius 2 is 1.74 bits per heavy atom. The molecule has 0 spiro atoms. The fourth-order valence-electron chi connectivity index (χ4n) is 4.05. The summed E-state index contributed by atoms with van der Waals surface area (Å²) < 4.78 is 29.0. The Hall–Kier alpha value is -3.67. The van der Waals surface area contributed by atoms with Gasteiger partial charge in [-0.15, -0.1) is 0 Å². The number of halogens is 1. The van der Waals surface area contributed by atoms with Gasteiger partial charge in [0, 0.05) is 29.6 Å². The average molecular weight is 499 g/mol. The summed E-state index contributed by atoms with van der Waals surface area (Å²) in [5.41, 5.74) is 1.48. The van der Waals surface area contributed by atoms with Crippen LogP contribution in [-0.4, -0.2) is 31.5 Å². The third-order valence-electron chi connectivity index (χ3n) is 5.74. The number of aryl methyl sites for hydroxylation is 2. The summed E-state index contributed by atoms with van der Waals surface area (Å²) in [6.45, 7) is 1.85. The van der Waals surface area contributed by atoms with Crippen molar-refractivity contribution in [3.05, 3.63) is 91.8 Å². The van der Waals surface area contributed by atoms with Gasteiger partial charge in [0.25, 0.3) is 5.56 Å². The van der Waals surface area contributed by atoms with Crippen LogP contribution in [0.1, 0.15) is 11.3 Å². The molecule has 0 bridgehead atoms. The molecule has 0 fully saturated rings. The standard InChI is InChI=1S/C22H19ClN6O4S/c1-13-11-27-18-19(25-21(27)29(13)15-7-9-16(10-8-15)34(24,32)33)26(2)22(31)28(20(18)30)12-14-5-3-4-6-17(14)23/h3-11H,12H2,1-2H3,(H2,24,32,33). The van der Waals surface area contributed by atoms with Crippen LogP contribution >= 0.6 is 11.6 Å². The number of nitrogens with two attached hydrogens (primary N) is 1. The number of aromatic nitrogens is 5. The highest BCUT2D eigenvalue weighted by Crippen LogP contribution is 2.22. The van der Waals surface area contributed by atoms with Crippen LogP contribution in [0, 0.1) is 6.92 Å². The van der Waals surface area contributed by atoms with Crippen molar-refractivity contribution >= 4 is 38.6 Å². The van der Waals surface area contributed by atoms with Gasteiger partial charge in [-0.3, -0.25) is 22.9 Å². The van der Waals surface area contributed by atoms with Crippen molar-refractivity contribution in [1.29, 1.82) is 0 Å². The molecule has 0 amide bonds. The molecule has 5 rings (SSSR count). The van der Waals surface area contributed by atoms with Crippen LogP contribution in [-0.2, 0) is 23.6 Å². The quantitative estimate of drug-likeness (QED) is 0.404. The Bertz CT molecular complexity index is 1830. The maximum absolute atomic E-state index is 13.5. The Labute approximate surface area is 198 Å². The molecule has 2 aromatic carbocycles. The summed E-state index contributed by atoms with van der Waals surface area (Å²) in [4.78, 5) is 31.0. The van der Waals surface area contributed by atoms with Gasteiger partial charge < -0.3 is 0 Å². The SMILES string of the molecule is Cc1cn2c3c(=O)n(Cc4ccccc4Cl)c(=O)n(C)c3nc2n1-c1ccc(S(N)(=O)=O)cc1. The Balaban J connectivity index is 1.75. The van der Waals surface area contributed by atoms with E-state index in [4.69, 9.17) is 16.7 Å². The molecule has 0 unspecified atom stereocenters. The van der Waals surface area contributed by atoms with E-state index in [1.165, 1.54) is 16.7 Å². The second-order valence-electron chi connectivity index (χ2n) is 7.92. The van der Waals surface area contributed by atoms with E-state index < -0.39 is 21.3 Å². The lowest BCUT2D eigenvalue weighted by molar-refractivity contribution is 0.598. The number of benzene rings is 2. The van der Waals surface area contributed by atoms with Crippen LogP contribution in [0.25, 0.3) is 22.6 Å².